The Morgan fingerprint density at radius 2 is 0.649 bits per heavy atom. The second-order valence-corrected chi connectivity index (χ2v) is 10.9. The van der Waals surface area contributed by atoms with E-state index in [-0.39, 0.29) is 11.1 Å². The lowest BCUT2D eigenvalue weighted by atomic mass is 9.78. The first-order valence-corrected chi connectivity index (χ1v) is 14.8. The van der Waals surface area contributed by atoms with Gasteiger partial charge in [-0.15, -0.1) is 0 Å². The molecule has 2 N–H and O–H groups in total. The maximum atomic E-state index is 9.60. The fourth-order valence-electron chi connectivity index (χ4n) is 4.98. The zero-order valence-electron chi connectivity index (χ0n) is 24.8. The topological polar surface area (TPSA) is 83.8 Å². The Morgan fingerprint density at radius 1 is 0.514 bits per heavy atom. The Hall–Kier alpha value is -1.62. The fraction of sp³-hybridized carbons (Fsp3) is 0.812. The number of hydrogen-bond acceptors (Lipinski definition) is 3. The van der Waals surface area contributed by atoms with Crippen molar-refractivity contribution in [2.45, 2.75) is 142 Å². The zero-order chi connectivity index (χ0) is 28.3. The van der Waals surface area contributed by atoms with Crippen LogP contribution in [-0.4, -0.2) is 36.4 Å². The summed E-state index contributed by atoms with van der Waals surface area (Å²) in [4.78, 5) is 19.2. The van der Waals surface area contributed by atoms with E-state index in [4.69, 9.17) is 10.2 Å². The molecule has 5 nitrogen and oxygen atoms in total. The van der Waals surface area contributed by atoms with Gasteiger partial charge in [-0.25, -0.2) is 9.59 Å². The SMILES string of the molecule is C1CCCCCC(C2CCCCCCCCCC2)CCCC1.C=C(C)C(=O)O.C=C(C)C(=O)O.COC. The molecule has 0 heterocycles. The second kappa shape index (κ2) is 27.4. The van der Waals surface area contributed by atoms with Crippen LogP contribution in [0.4, 0.5) is 0 Å². The lowest BCUT2D eigenvalue weighted by Gasteiger charge is -2.28. The van der Waals surface area contributed by atoms with Gasteiger partial charge < -0.3 is 14.9 Å². The zero-order valence-corrected chi connectivity index (χ0v) is 24.8. The highest BCUT2D eigenvalue weighted by Gasteiger charge is 2.21. The normalized spacial score (nSPS) is 18.8. The summed E-state index contributed by atoms with van der Waals surface area (Å²) in [5, 5.41) is 15.8. The minimum Gasteiger partial charge on any atom is -0.478 e. The molecule has 0 aromatic carbocycles. The van der Waals surface area contributed by atoms with Crippen LogP contribution in [0.5, 0.6) is 0 Å². The van der Waals surface area contributed by atoms with Crippen LogP contribution in [-0.2, 0) is 14.3 Å². The minimum absolute atomic E-state index is 0.176. The van der Waals surface area contributed by atoms with Crippen LogP contribution in [0.25, 0.3) is 0 Å². The first kappa shape index (κ1) is 37.5. The smallest absolute Gasteiger partial charge is 0.330 e. The van der Waals surface area contributed by atoms with Gasteiger partial charge in [0.15, 0.2) is 0 Å². The van der Waals surface area contributed by atoms with Gasteiger partial charge in [-0.3, -0.25) is 0 Å². The number of hydrogen-bond donors (Lipinski definition) is 2. The maximum absolute atomic E-state index is 9.60. The Kier molecular flexibility index (Phi) is 27.8. The number of methoxy groups -OCH3 is 1. The van der Waals surface area contributed by atoms with Gasteiger partial charge in [-0.1, -0.05) is 142 Å². The predicted molar refractivity (Wildman–Crippen MR) is 157 cm³/mol. The van der Waals surface area contributed by atoms with Crippen molar-refractivity contribution >= 4 is 11.9 Å². The van der Waals surface area contributed by atoms with Crippen LogP contribution in [0.15, 0.2) is 24.3 Å². The van der Waals surface area contributed by atoms with Crippen molar-refractivity contribution in [3.05, 3.63) is 24.3 Å². The molecule has 0 aromatic rings. The quantitative estimate of drug-likeness (QED) is 0.359. The minimum atomic E-state index is -0.935. The highest BCUT2D eigenvalue weighted by molar-refractivity contribution is 5.85. The van der Waals surface area contributed by atoms with Crippen molar-refractivity contribution in [3.63, 3.8) is 0 Å². The average Bonchev–Trinajstić information content (AvgIpc) is 2.95. The van der Waals surface area contributed by atoms with Gasteiger partial charge in [0.1, 0.15) is 0 Å². The molecule has 0 aromatic heterocycles. The fourth-order valence-corrected chi connectivity index (χ4v) is 4.98. The van der Waals surface area contributed by atoms with Crippen LogP contribution in [0, 0.1) is 11.8 Å². The van der Waals surface area contributed by atoms with Gasteiger partial charge >= 0.3 is 11.9 Å². The van der Waals surface area contributed by atoms with Crippen LogP contribution in [0.1, 0.15) is 142 Å². The number of ether oxygens (including phenoxy) is 1. The molecule has 2 fully saturated rings. The van der Waals surface area contributed by atoms with Gasteiger partial charge in [0.05, 0.1) is 0 Å². The summed E-state index contributed by atoms with van der Waals surface area (Å²) in [6.07, 6.45) is 30.5. The third-order valence-electron chi connectivity index (χ3n) is 7.20. The van der Waals surface area contributed by atoms with E-state index in [1.54, 1.807) is 39.9 Å². The summed E-state index contributed by atoms with van der Waals surface area (Å²) in [5.41, 5.74) is 0.352. The lowest BCUT2D eigenvalue weighted by molar-refractivity contribution is -0.133. The molecule has 2 saturated carbocycles. The molecule has 0 radical (unpaired) electrons. The van der Waals surface area contributed by atoms with Gasteiger partial charge in [0.25, 0.3) is 0 Å². The highest BCUT2D eigenvalue weighted by Crippen LogP contribution is 2.34. The van der Waals surface area contributed by atoms with Crippen LogP contribution in [0.2, 0.25) is 0 Å². The number of rotatable bonds is 3. The maximum Gasteiger partial charge on any atom is 0.330 e. The molecule has 218 valence electrons. The monoisotopic (exact) mass is 524 g/mol. The van der Waals surface area contributed by atoms with Gasteiger partial charge in [0.2, 0.25) is 0 Å². The average molecular weight is 525 g/mol. The van der Waals surface area contributed by atoms with Crippen molar-refractivity contribution in [2.24, 2.45) is 11.8 Å². The largest absolute Gasteiger partial charge is 0.478 e. The summed E-state index contributed by atoms with van der Waals surface area (Å²) in [6, 6.07) is 0. The molecular formula is C32H60O5. The van der Waals surface area contributed by atoms with E-state index < -0.39 is 11.9 Å². The molecule has 2 rings (SSSR count). The van der Waals surface area contributed by atoms with Gasteiger partial charge in [-0.2, -0.15) is 0 Å². The Bertz CT molecular complexity index is 486. The van der Waals surface area contributed by atoms with Crippen molar-refractivity contribution in [3.8, 4) is 0 Å². The summed E-state index contributed by atoms with van der Waals surface area (Å²) in [7, 11) is 3.25. The third kappa shape index (κ3) is 27.2. The van der Waals surface area contributed by atoms with E-state index in [1.807, 2.05) is 0 Å². The Labute approximate surface area is 229 Å². The van der Waals surface area contributed by atoms with Crippen molar-refractivity contribution < 1.29 is 24.5 Å². The molecular weight excluding hydrogens is 464 g/mol. The Morgan fingerprint density at radius 3 is 0.784 bits per heavy atom. The summed E-state index contributed by atoms with van der Waals surface area (Å²) >= 11 is 0. The molecule has 0 aliphatic heterocycles. The molecule has 37 heavy (non-hydrogen) atoms. The molecule has 0 atom stereocenters. The number of carboxylic acid groups (broad SMARTS) is 2. The predicted octanol–water partition coefficient (Wildman–Crippen LogP) is 9.60. The van der Waals surface area contributed by atoms with E-state index in [0.717, 1.165) is 11.8 Å². The second-order valence-electron chi connectivity index (χ2n) is 10.9. The summed E-state index contributed by atoms with van der Waals surface area (Å²) in [6.45, 7) is 9.20. The highest BCUT2D eigenvalue weighted by atomic mass is 16.4. The van der Waals surface area contributed by atoms with E-state index in [1.165, 1.54) is 117 Å². The van der Waals surface area contributed by atoms with Crippen molar-refractivity contribution in [1.82, 2.24) is 0 Å². The number of carboxylic acids is 2. The molecule has 0 bridgehead atoms. The first-order chi connectivity index (χ1) is 17.7. The summed E-state index contributed by atoms with van der Waals surface area (Å²) < 4.78 is 4.25. The third-order valence-corrected chi connectivity index (χ3v) is 7.20. The molecule has 0 saturated heterocycles. The van der Waals surface area contributed by atoms with Crippen LogP contribution in [0.3, 0.4) is 0 Å². The first-order valence-electron chi connectivity index (χ1n) is 14.8. The number of carbonyl (C=O) groups is 2. The standard InChI is InChI=1S/C22H42.2C4H6O2.C2H6O/c1-2-6-10-14-18-21(17-13-9-5-1)22-19-15-11-7-3-4-8-12-16-20-22;2*1-3(2)4(5)6;1-3-2/h21-22H,1-20H2;2*1H2,2H3,(H,5,6);1-2H3. The van der Waals surface area contributed by atoms with E-state index in [0.29, 0.717) is 0 Å². The van der Waals surface area contributed by atoms with Crippen LogP contribution < -0.4 is 0 Å². The van der Waals surface area contributed by atoms with Crippen LogP contribution >= 0.6 is 0 Å². The van der Waals surface area contributed by atoms with Crippen molar-refractivity contribution in [2.75, 3.05) is 14.2 Å². The van der Waals surface area contributed by atoms with E-state index in [2.05, 4.69) is 17.9 Å². The molecule has 0 spiro atoms. The molecule has 2 aliphatic carbocycles. The van der Waals surface area contributed by atoms with E-state index >= 15 is 0 Å². The van der Waals surface area contributed by atoms with Gasteiger partial charge in [-0.05, 0) is 25.7 Å². The Balaban J connectivity index is 0. The van der Waals surface area contributed by atoms with E-state index in [9.17, 15) is 9.59 Å². The molecule has 2 aliphatic rings. The van der Waals surface area contributed by atoms with Gasteiger partial charge in [0, 0.05) is 25.4 Å². The number of aliphatic carboxylic acids is 2. The van der Waals surface area contributed by atoms with Crippen molar-refractivity contribution in [1.29, 1.82) is 0 Å². The molecule has 5 heteroatoms. The summed E-state index contributed by atoms with van der Waals surface area (Å²) in [5.74, 6) is 0.294. The molecule has 0 amide bonds. The molecule has 0 unspecified atom stereocenters. The lowest BCUT2D eigenvalue weighted by Crippen LogP contribution is -2.16.